The topological polar surface area (TPSA) is 84.2 Å². The number of nitrogens with two attached hydrogens (primary N) is 1. The van der Waals surface area contributed by atoms with Crippen molar-refractivity contribution in [1.82, 2.24) is 10.6 Å². The molecule has 5 nitrogen and oxygen atoms in total. The van der Waals surface area contributed by atoms with Crippen molar-refractivity contribution in [3.63, 3.8) is 0 Å². The van der Waals surface area contributed by atoms with Crippen molar-refractivity contribution in [2.24, 2.45) is 5.73 Å². The van der Waals surface area contributed by atoms with E-state index in [-0.39, 0.29) is 11.8 Å². The molecule has 4 N–H and O–H groups in total. The molecule has 2 amide bonds. The molecule has 2 unspecified atom stereocenters. The molecule has 5 heteroatoms. The van der Waals surface area contributed by atoms with E-state index in [1.807, 2.05) is 24.3 Å². The van der Waals surface area contributed by atoms with Crippen molar-refractivity contribution in [1.29, 1.82) is 0 Å². The molecule has 1 saturated carbocycles. The summed E-state index contributed by atoms with van der Waals surface area (Å²) in [5.74, 6) is 0.315. The number of amides is 2. The fourth-order valence-corrected chi connectivity index (χ4v) is 2.74. The summed E-state index contributed by atoms with van der Waals surface area (Å²) in [5, 5.41) is 5.41. The van der Waals surface area contributed by atoms with Gasteiger partial charge in [0, 0.05) is 31.6 Å². The smallest absolute Gasteiger partial charge is 0.251 e. The van der Waals surface area contributed by atoms with Gasteiger partial charge in [-0.05, 0) is 42.9 Å². The lowest BCUT2D eigenvalue weighted by Crippen LogP contribution is -2.33. The van der Waals surface area contributed by atoms with Crippen LogP contribution in [-0.2, 0) is 4.79 Å². The van der Waals surface area contributed by atoms with Crippen LogP contribution in [0.3, 0.4) is 0 Å². The Morgan fingerprint density at radius 1 is 1.14 bits per heavy atom. The first-order chi connectivity index (χ1) is 10.1. The molecule has 0 spiro atoms. The van der Waals surface area contributed by atoms with Crippen molar-refractivity contribution in [3.8, 4) is 0 Å². The second-order valence-electron chi connectivity index (χ2n) is 5.63. The molecule has 1 fully saturated rings. The fraction of sp³-hybridized carbons (Fsp3) is 0.500. The predicted molar refractivity (Wildman–Crippen MR) is 82.0 cm³/mol. The number of carbonyl (C=O) groups excluding carboxylic acids is 2. The van der Waals surface area contributed by atoms with Crippen LogP contribution in [0.15, 0.2) is 24.3 Å². The van der Waals surface area contributed by atoms with Crippen LogP contribution in [-0.4, -0.2) is 30.9 Å². The van der Waals surface area contributed by atoms with E-state index in [1.165, 1.54) is 12.5 Å². The summed E-state index contributed by atoms with van der Waals surface area (Å²) in [6.45, 7) is 2.33. The third-order valence-electron chi connectivity index (χ3n) is 3.90. The average molecular weight is 289 g/mol. The maximum Gasteiger partial charge on any atom is 0.251 e. The Balaban J connectivity index is 1.83. The maximum atomic E-state index is 11.9. The maximum absolute atomic E-state index is 11.9. The van der Waals surface area contributed by atoms with E-state index >= 15 is 0 Å². The molecule has 21 heavy (non-hydrogen) atoms. The Kier molecular flexibility index (Phi) is 5.33. The lowest BCUT2D eigenvalue weighted by atomic mass is 9.96. The summed E-state index contributed by atoms with van der Waals surface area (Å²) < 4.78 is 0. The van der Waals surface area contributed by atoms with Crippen LogP contribution >= 0.6 is 0 Å². The minimum absolute atomic E-state index is 0.0941. The van der Waals surface area contributed by atoms with Gasteiger partial charge in [-0.1, -0.05) is 12.1 Å². The summed E-state index contributed by atoms with van der Waals surface area (Å²) in [6.07, 6.45) is 3.24. The van der Waals surface area contributed by atoms with Crippen LogP contribution in [0.2, 0.25) is 0 Å². The van der Waals surface area contributed by atoms with E-state index in [0.29, 0.717) is 30.6 Å². The molecule has 1 aliphatic carbocycles. The van der Waals surface area contributed by atoms with E-state index in [1.54, 1.807) is 0 Å². The molecule has 2 rings (SSSR count). The number of hydrogen-bond acceptors (Lipinski definition) is 3. The van der Waals surface area contributed by atoms with Crippen LogP contribution in [0.25, 0.3) is 0 Å². The highest BCUT2D eigenvalue weighted by molar-refractivity contribution is 5.94. The SMILES string of the molecule is CC(=O)NCCNC(=O)c1ccc(C2CCC(N)C2)cc1. The lowest BCUT2D eigenvalue weighted by Gasteiger charge is -2.11. The largest absolute Gasteiger partial charge is 0.355 e. The van der Waals surface area contributed by atoms with E-state index in [0.717, 1.165) is 19.3 Å². The van der Waals surface area contributed by atoms with Gasteiger partial charge < -0.3 is 16.4 Å². The molecular formula is C16H23N3O2. The van der Waals surface area contributed by atoms with Crippen LogP contribution < -0.4 is 16.4 Å². The Labute approximate surface area is 125 Å². The molecule has 1 aromatic carbocycles. The van der Waals surface area contributed by atoms with Crippen molar-refractivity contribution in [3.05, 3.63) is 35.4 Å². The molecule has 114 valence electrons. The fourth-order valence-electron chi connectivity index (χ4n) is 2.74. The zero-order chi connectivity index (χ0) is 15.2. The second kappa shape index (κ2) is 7.22. The first kappa shape index (κ1) is 15.5. The van der Waals surface area contributed by atoms with E-state index in [2.05, 4.69) is 10.6 Å². The zero-order valence-corrected chi connectivity index (χ0v) is 12.4. The highest BCUT2D eigenvalue weighted by Gasteiger charge is 2.23. The van der Waals surface area contributed by atoms with Gasteiger partial charge in [-0.15, -0.1) is 0 Å². The van der Waals surface area contributed by atoms with Gasteiger partial charge in [0.25, 0.3) is 5.91 Å². The van der Waals surface area contributed by atoms with Crippen LogP contribution in [0.5, 0.6) is 0 Å². The molecule has 0 saturated heterocycles. The van der Waals surface area contributed by atoms with Gasteiger partial charge in [0.05, 0.1) is 0 Å². The summed E-state index contributed by atoms with van der Waals surface area (Å²) in [4.78, 5) is 22.6. The van der Waals surface area contributed by atoms with E-state index in [9.17, 15) is 9.59 Å². The van der Waals surface area contributed by atoms with Gasteiger partial charge in [-0.25, -0.2) is 0 Å². The third kappa shape index (κ3) is 4.56. The molecule has 2 atom stereocenters. The summed E-state index contributed by atoms with van der Waals surface area (Å²) in [6, 6.07) is 8.06. The van der Waals surface area contributed by atoms with Gasteiger partial charge >= 0.3 is 0 Å². The zero-order valence-electron chi connectivity index (χ0n) is 12.4. The number of rotatable bonds is 5. The molecule has 0 radical (unpaired) electrons. The first-order valence-corrected chi connectivity index (χ1v) is 7.44. The highest BCUT2D eigenvalue weighted by Crippen LogP contribution is 2.33. The van der Waals surface area contributed by atoms with Crippen molar-refractivity contribution >= 4 is 11.8 Å². The van der Waals surface area contributed by atoms with Crippen LogP contribution in [0.4, 0.5) is 0 Å². The Hall–Kier alpha value is -1.88. The lowest BCUT2D eigenvalue weighted by molar-refractivity contribution is -0.118. The molecule has 1 aliphatic rings. The van der Waals surface area contributed by atoms with Gasteiger partial charge in [0.2, 0.25) is 5.91 Å². The Bertz CT molecular complexity index is 499. The number of carbonyl (C=O) groups is 2. The minimum Gasteiger partial charge on any atom is -0.355 e. The Morgan fingerprint density at radius 2 is 1.81 bits per heavy atom. The Morgan fingerprint density at radius 3 is 2.38 bits per heavy atom. The first-order valence-electron chi connectivity index (χ1n) is 7.44. The van der Waals surface area contributed by atoms with Crippen molar-refractivity contribution in [2.75, 3.05) is 13.1 Å². The number of nitrogens with one attached hydrogen (secondary N) is 2. The minimum atomic E-state index is -0.116. The molecule has 0 heterocycles. The molecule has 0 aromatic heterocycles. The standard InChI is InChI=1S/C16H23N3O2/c1-11(20)18-8-9-19-16(21)13-4-2-12(3-5-13)14-6-7-15(17)10-14/h2-5,14-15H,6-10,17H2,1H3,(H,18,20)(H,19,21). The summed E-state index contributed by atoms with van der Waals surface area (Å²) in [5.41, 5.74) is 7.84. The summed E-state index contributed by atoms with van der Waals surface area (Å²) >= 11 is 0. The predicted octanol–water partition coefficient (Wildman–Crippen LogP) is 1.15. The van der Waals surface area contributed by atoms with Gasteiger partial charge in [0.15, 0.2) is 0 Å². The van der Waals surface area contributed by atoms with Crippen molar-refractivity contribution < 1.29 is 9.59 Å². The second-order valence-corrected chi connectivity index (χ2v) is 5.63. The molecule has 0 bridgehead atoms. The normalized spacial score (nSPS) is 21.0. The average Bonchev–Trinajstić information content (AvgIpc) is 2.90. The van der Waals surface area contributed by atoms with Crippen LogP contribution in [0, 0.1) is 0 Å². The quantitative estimate of drug-likeness (QED) is 0.711. The molecule has 1 aromatic rings. The highest BCUT2D eigenvalue weighted by atomic mass is 16.2. The molecule has 0 aliphatic heterocycles. The van der Waals surface area contributed by atoms with Crippen molar-refractivity contribution in [2.45, 2.75) is 38.1 Å². The monoisotopic (exact) mass is 289 g/mol. The number of benzene rings is 1. The summed E-state index contributed by atoms with van der Waals surface area (Å²) in [7, 11) is 0. The van der Waals surface area contributed by atoms with E-state index < -0.39 is 0 Å². The van der Waals surface area contributed by atoms with Gasteiger partial charge in [-0.2, -0.15) is 0 Å². The third-order valence-corrected chi connectivity index (χ3v) is 3.90. The molecular weight excluding hydrogens is 266 g/mol. The number of hydrogen-bond donors (Lipinski definition) is 3. The van der Waals surface area contributed by atoms with E-state index in [4.69, 9.17) is 5.73 Å². The van der Waals surface area contributed by atoms with Gasteiger partial charge in [-0.3, -0.25) is 9.59 Å². The van der Waals surface area contributed by atoms with Gasteiger partial charge in [0.1, 0.15) is 0 Å². The van der Waals surface area contributed by atoms with Crippen LogP contribution in [0.1, 0.15) is 48.0 Å².